The lowest BCUT2D eigenvalue weighted by Crippen LogP contribution is -2.42. The second kappa shape index (κ2) is 7.17. The van der Waals surface area contributed by atoms with E-state index in [9.17, 15) is 5.11 Å². The van der Waals surface area contributed by atoms with Gasteiger partial charge in [-0.2, -0.15) is 0 Å². The Morgan fingerprint density at radius 1 is 1.35 bits per heavy atom. The first-order valence-electron chi connectivity index (χ1n) is 9.05. The molecule has 0 aliphatic carbocycles. The van der Waals surface area contributed by atoms with Crippen molar-refractivity contribution in [1.82, 2.24) is 20.1 Å². The largest absolute Gasteiger partial charge is 0.507 e. The van der Waals surface area contributed by atoms with E-state index in [-0.39, 0.29) is 5.75 Å². The molecular formula is C19H23N5OS. The summed E-state index contributed by atoms with van der Waals surface area (Å²) >= 11 is 1.61. The van der Waals surface area contributed by atoms with Crippen LogP contribution >= 0.6 is 11.3 Å². The number of anilines is 1. The summed E-state index contributed by atoms with van der Waals surface area (Å²) in [6, 6.07) is 6.13. The van der Waals surface area contributed by atoms with Gasteiger partial charge in [0, 0.05) is 22.8 Å². The second-order valence-corrected chi connectivity index (χ2v) is 7.72. The second-order valence-electron chi connectivity index (χ2n) is 6.77. The van der Waals surface area contributed by atoms with Crippen molar-refractivity contribution >= 4 is 27.4 Å². The SMILES string of the molecule is CCN1CCC[C@@H](Nc2nnc(-c3cc4ccsc4cc3O)c(C)n2)C1. The van der Waals surface area contributed by atoms with Crippen LogP contribution in [-0.2, 0) is 0 Å². The lowest BCUT2D eigenvalue weighted by Gasteiger charge is -2.32. The van der Waals surface area contributed by atoms with Crippen molar-refractivity contribution in [1.29, 1.82) is 0 Å². The van der Waals surface area contributed by atoms with Crippen LogP contribution in [0.4, 0.5) is 5.95 Å². The number of phenolic OH excluding ortho intramolecular Hbond substituents is 1. The molecule has 2 N–H and O–H groups in total. The maximum absolute atomic E-state index is 10.4. The summed E-state index contributed by atoms with van der Waals surface area (Å²) in [6.07, 6.45) is 2.31. The molecule has 1 aliphatic heterocycles. The number of phenols is 1. The highest BCUT2D eigenvalue weighted by atomic mass is 32.1. The Kier molecular flexibility index (Phi) is 4.74. The molecule has 4 rings (SSSR count). The fourth-order valence-corrected chi connectivity index (χ4v) is 4.35. The van der Waals surface area contributed by atoms with Crippen molar-refractivity contribution in [2.75, 3.05) is 25.0 Å². The minimum Gasteiger partial charge on any atom is -0.507 e. The highest BCUT2D eigenvalue weighted by molar-refractivity contribution is 7.17. The van der Waals surface area contributed by atoms with Crippen LogP contribution in [0.3, 0.4) is 0 Å². The van der Waals surface area contributed by atoms with Gasteiger partial charge in [0.1, 0.15) is 11.4 Å². The number of hydrogen-bond acceptors (Lipinski definition) is 7. The molecule has 1 aromatic carbocycles. The van der Waals surface area contributed by atoms with Gasteiger partial charge < -0.3 is 15.3 Å². The molecule has 0 saturated carbocycles. The number of rotatable bonds is 4. The van der Waals surface area contributed by atoms with E-state index in [1.807, 2.05) is 24.4 Å². The number of likely N-dealkylation sites (N-methyl/N-ethyl adjacent to an activating group) is 1. The van der Waals surface area contributed by atoms with Crippen molar-refractivity contribution in [3.63, 3.8) is 0 Å². The summed E-state index contributed by atoms with van der Waals surface area (Å²) in [4.78, 5) is 7.03. The van der Waals surface area contributed by atoms with Gasteiger partial charge in [0.2, 0.25) is 5.95 Å². The van der Waals surface area contributed by atoms with E-state index in [1.165, 1.54) is 6.42 Å². The van der Waals surface area contributed by atoms with Crippen LogP contribution < -0.4 is 5.32 Å². The number of piperidine rings is 1. The highest BCUT2D eigenvalue weighted by Gasteiger charge is 2.20. The minimum atomic E-state index is 0.214. The molecule has 26 heavy (non-hydrogen) atoms. The summed E-state index contributed by atoms with van der Waals surface area (Å²) in [5, 5.41) is 25.5. The average Bonchev–Trinajstić information content (AvgIpc) is 3.09. The molecule has 136 valence electrons. The number of likely N-dealkylation sites (tertiary alicyclic amines) is 1. The Morgan fingerprint density at radius 2 is 2.23 bits per heavy atom. The first-order valence-corrected chi connectivity index (χ1v) is 9.93. The Bertz CT molecular complexity index is 925. The van der Waals surface area contributed by atoms with Crippen molar-refractivity contribution in [2.45, 2.75) is 32.7 Å². The number of hydrogen-bond donors (Lipinski definition) is 2. The van der Waals surface area contributed by atoms with Crippen LogP contribution in [0.25, 0.3) is 21.3 Å². The summed E-state index contributed by atoms with van der Waals surface area (Å²) < 4.78 is 1.06. The summed E-state index contributed by atoms with van der Waals surface area (Å²) in [6.45, 7) is 7.34. The number of aromatic nitrogens is 3. The zero-order valence-corrected chi connectivity index (χ0v) is 15.9. The summed E-state index contributed by atoms with van der Waals surface area (Å²) in [5.74, 6) is 0.774. The molecule has 3 aromatic rings. The van der Waals surface area contributed by atoms with Gasteiger partial charge in [-0.25, -0.2) is 4.98 Å². The van der Waals surface area contributed by atoms with E-state index in [4.69, 9.17) is 0 Å². The van der Waals surface area contributed by atoms with Crippen molar-refractivity contribution < 1.29 is 5.11 Å². The molecule has 0 amide bonds. The van der Waals surface area contributed by atoms with Gasteiger partial charge in [-0.15, -0.1) is 21.5 Å². The van der Waals surface area contributed by atoms with Gasteiger partial charge >= 0.3 is 0 Å². The Labute approximate surface area is 156 Å². The molecule has 0 spiro atoms. The summed E-state index contributed by atoms with van der Waals surface area (Å²) in [7, 11) is 0. The number of nitrogens with one attached hydrogen (secondary N) is 1. The van der Waals surface area contributed by atoms with Crippen molar-refractivity contribution in [3.05, 3.63) is 29.3 Å². The van der Waals surface area contributed by atoms with Crippen LogP contribution in [0.2, 0.25) is 0 Å². The van der Waals surface area contributed by atoms with Crippen LogP contribution in [0, 0.1) is 6.92 Å². The molecule has 0 bridgehead atoms. The third kappa shape index (κ3) is 3.37. The monoisotopic (exact) mass is 369 g/mol. The van der Waals surface area contributed by atoms with Crippen LogP contribution in [0.15, 0.2) is 23.6 Å². The molecule has 6 nitrogen and oxygen atoms in total. The molecule has 2 aromatic heterocycles. The number of aromatic hydroxyl groups is 1. The molecule has 3 heterocycles. The van der Waals surface area contributed by atoms with Crippen LogP contribution in [0.1, 0.15) is 25.5 Å². The smallest absolute Gasteiger partial charge is 0.243 e. The molecule has 1 aliphatic rings. The average molecular weight is 369 g/mol. The van der Waals surface area contributed by atoms with Gasteiger partial charge in [0.05, 0.1) is 5.69 Å². The number of thiophene rings is 1. The molecule has 1 fully saturated rings. The molecule has 0 radical (unpaired) electrons. The van der Waals surface area contributed by atoms with Gasteiger partial charge in [0.15, 0.2) is 0 Å². The topological polar surface area (TPSA) is 74.2 Å². The highest BCUT2D eigenvalue weighted by Crippen LogP contribution is 2.35. The standard InChI is InChI=1S/C19H23N5OS/c1-3-24-7-4-5-14(11-24)21-19-20-12(2)18(22-23-19)15-9-13-6-8-26-17(13)10-16(15)25/h6,8-10,14,25H,3-5,7,11H2,1-2H3,(H,20,21,23)/t14-/m1/s1. The van der Waals surface area contributed by atoms with Crippen molar-refractivity contribution in [2.24, 2.45) is 0 Å². The first-order chi connectivity index (χ1) is 12.6. The number of fused-ring (bicyclic) bond motifs is 1. The number of benzene rings is 1. The maximum Gasteiger partial charge on any atom is 0.243 e. The van der Waals surface area contributed by atoms with Gasteiger partial charge in [0.25, 0.3) is 0 Å². The zero-order chi connectivity index (χ0) is 18.1. The predicted octanol–water partition coefficient (Wildman–Crippen LogP) is 3.66. The first kappa shape index (κ1) is 17.2. The molecule has 1 atom stereocenters. The normalized spacial score (nSPS) is 18.3. The minimum absolute atomic E-state index is 0.214. The van der Waals surface area contributed by atoms with E-state index in [2.05, 4.69) is 32.3 Å². The fraction of sp³-hybridized carbons (Fsp3) is 0.421. The molecule has 1 saturated heterocycles. The third-order valence-electron chi connectivity index (χ3n) is 4.97. The molecular weight excluding hydrogens is 346 g/mol. The van der Waals surface area contributed by atoms with Crippen LogP contribution in [-0.4, -0.2) is 50.9 Å². The fourth-order valence-electron chi connectivity index (χ4n) is 3.55. The van der Waals surface area contributed by atoms with Gasteiger partial charge in [-0.05, 0) is 61.8 Å². The van der Waals surface area contributed by atoms with E-state index in [0.29, 0.717) is 23.2 Å². The summed E-state index contributed by atoms with van der Waals surface area (Å²) in [5.41, 5.74) is 2.06. The van der Waals surface area contributed by atoms with Crippen molar-refractivity contribution in [3.8, 4) is 17.0 Å². The quantitative estimate of drug-likeness (QED) is 0.731. The number of nitrogens with zero attached hydrogens (tertiary/aromatic N) is 4. The predicted molar refractivity (Wildman–Crippen MR) is 106 cm³/mol. The van der Waals surface area contributed by atoms with E-state index >= 15 is 0 Å². The number of aryl methyl sites for hydroxylation is 1. The van der Waals surface area contributed by atoms with Gasteiger partial charge in [-0.1, -0.05) is 6.92 Å². The van der Waals surface area contributed by atoms with E-state index in [0.717, 1.165) is 41.8 Å². The van der Waals surface area contributed by atoms with Gasteiger partial charge in [-0.3, -0.25) is 0 Å². The van der Waals surface area contributed by atoms with Crippen LogP contribution in [0.5, 0.6) is 5.75 Å². The maximum atomic E-state index is 10.4. The molecule has 0 unspecified atom stereocenters. The van der Waals surface area contributed by atoms with E-state index in [1.54, 1.807) is 17.4 Å². The Balaban J connectivity index is 1.58. The van der Waals surface area contributed by atoms with E-state index < -0.39 is 0 Å². The Hall–Kier alpha value is -2.25. The lowest BCUT2D eigenvalue weighted by molar-refractivity contribution is 0.226. The molecule has 7 heteroatoms. The Morgan fingerprint density at radius 3 is 3.04 bits per heavy atom. The lowest BCUT2D eigenvalue weighted by atomic mass is 10.1. The zero-order valence-electron chi connectivity index (χ0n) is 15.1. The third-order valence-corrected chi connectivity index (χ3v) is 5.85.